The maximum Gasteiger partial charge on any atom is 0.163 e. The van der Waals surface area contributed by atoms with E-state index in [4.69, 9.17) is 5.73 Å². The number of nitrogens with zero attached hydrogens (tertiary/aromatic N) is 3. The zero-order valence-corrected chi connectivity index (χ0v) is 8.11. The van der Waals surface area contributed by atoms with Gasteiger partial charge < -0.3 is 11.2 Å². The molecule has 1 aliphatic rings. The molecule has 5 nitrogen and oxygen atoms in total. The molecule has 2 rings (SSSR count). The van der Waals surface area contributed by atoms with Crippen molar-refractivity contribution in [2.45, 2.75) is 19.3 Å². The number of hydrogen-bond donors (Lipinski definition) is 2. The van der Waals surface area contributed by atoms with Gasteiger partial charge in [-0.25, -0.2) is 5.01 Å². The zero-order chi connectivity index (χ0) is 9.80. The molecule has 0 aliphatic carbocycles. The molecule has 5 heteroatoms. The predicted octanol–water partition coefficient (Wildman–Crippen LogP) is 0.872. The number of hydrazine groups is 1. The number of anilines is 2. The van der Waals surface area contributed by atoms with Crippen LogP contribution >= 0.6 is 0 Å². The molecular weight excluding hydrogens is 178 g/mol. The monoisotopic (exact) mass is 193 g/mol. The average molecular weight is 193 g/mol. The van der Waals surface area contributed by atoms with Crippen molar-refractivity contribution in [3.63, 3.8) is 0 Å². The van der Waals surface area contributed by atoms with E-state index < -0.39 is 0 Å². The molecule has 1 aromatic heterocycles. The third-order valence-electron chi connectivity index (χ3n) is 2.31. The molecule has 0 aromatic carbocycles. The Hall–Kier alpha value is -1.36. The van der Waals surface area contributed by atoms with E-state index in [2.05, 4.69) is 20.6 Å². The lowest BCUT2D eigenvalue weighted by molar-refractivity contribution is 0.272. The third kappa shape index (κ3) is 2.32. The molecule has 1 aliphatic heterocycles. The first-order valence-electron chi connectivity index (χ1n) is 4.95. The van der Waals surface area contributed by atoms with Crippen LogP contribution in [-0.2, 0) is 0 Å². The van der Waals surface area contributed by atoms with Gasteiger partial charge in [0.1, 0.15) is 5.82 Å². The van der Waals surface area contributed by atoms with Crippen LogP contribution in [0.15, 0.2) is 12.1 Å². The molecule has 1 saturated heterocycles. The fourth-order valence-corrected chi connectivity index (χ4v) is 1.57. The number of nitrogens with two attached hydrogens (primary N) is 1. The van der Waals surface area contributed by atoms with Crippen molar-refractivity contribution in [1.29, 1.82) is 0 Å². The molecule has 0 spiro atoms. The summed E-state index contributed by atoms with van der Waals surface area (Å²) in [5, 5.41) is 9.90. The summed E-state index contributed by atoms with van der Waals surface area (Å²) >= 11 is 0. The van der Waals surface area contributed by atoms with Crippen molar-refractivity contribution in [1.82, 2.24) is 15.2 Å². The predicted molar refractivity (Wildman–Crippen MR) is 55.5 cm³/mol. The van der Waals surface area contributed by atoms with Crippen LogP contribution in [0, 0.1) is 0 Å². The number of hydrogen-bond acceptors (Lipinski definition) is 5. The van der Waals surface area contributed by atoms with Crippen LogP contribution in [0.2, 0.25) is 0 Å². The Kier molecular flexibility index (Phi) is 2.78. The molecule has 1 aromatic rings. The highest BCUT2D eigenvalue weighted by Crippen LogP contribution is 2.10. The van der Waals surface area contributed by atoms with Gasteiger partial charge in [0.05, 0.1) is 0 Å². The summed E-state index contributed by atoms with van der Waals surface area (Å²) in [6.45, 7) is 2.15. The van der Waals surface area contributed by atoms with Crippen molar-refractivity contribution in [2.24, 2.45) is 0 Å². The molecule has 0 bridgehead atoms. The smallest absolute Gasteiger partial charge is 0.163 e. The minimum atomic E-state index is 0.453. The number of nitrogen functional groups attached to an aromatic ring is 1. The first kappa shape index (κ1) is 9.21. The van der Waals surface area contributed by atoms with Crippen LogP contribution in [-0.4, -0.2) is 28.3 Å². The van der Waals surface area contributed by atoms with Gasteiger partial charge in [-0.2, -0.15) is 0 Å². The van der Waals surface area contributed by atoms with Crippen LogP contribution < -0.4 is 11.2 Å². The average Bonchev–Trinajstić information content (AvgIpc) is 2.23. The van der Waals surface area contributed by atoms with Crippen molar-refractivity contribution in [2.75, 3.05) is 24.2 Å². The van der Waals surface area contributed by atoms with Gasteiger partial charge in [-0.1, -0.05) is 6.42 Å². The van der Waals surface area contributed by atoms with Crippen molar-refractivity contribution < 1.29 is 0 Å². The van der Waals surface area contributed by atoms with Gasteiger partial charge in [-0.15, -0.1) is 10.2 Å². The second-order valence-electron chi connectivity index (χ2n) is 3.50. The number of aromatic nitrogens is 2. The quantitative estimate of drug-likeness (QED) is 0.729. The summed E-state index contributed by atoms with van der Waals surface area (Å²) in [6.07, 6.45) is 3.82. The van der Waals surface area contributed by atoms with E-state index >= 15 is 0 Å². The van der Waals surface area contributed by atoms with Crippen molar-refractivity contribution in [3.05, 3.63) is 12.1 Å². The van der Waals surface area contributed by atoms with Crippen LogP contribution in [0.25, 0.3) is 0 Å². The molecule has 0 radical (unpaired) electrons. The van der Waals surface area contributed by atoms with Gasteiger partial charge in [0.25, 0.3) is 0 Å². The first-order chi connectivity index (χ1) is 6.84. The number of rotatable bonds is 2. The number of piperidine rings is 1. The molecule has 0 atom stereocenters. The highest BCUT2D eigenvalue weighted by Gasteiger charge is 2.09. The molecule has 3 N–H and O–H groups in total. The van der Waals surface area contributed by atoms with Crippen LogP contribution in [0.5, 0.6) is 0 Å². The highest BCUT2D eigenvalue weighted by atomic mass is 15.5. The van der Waals surface area contributed by atoms with E-state index in [1.54, 1.807) is 6.07 Å². The first-order valence-corrected chi connectivity index (χ1v) is 4.95. The fourth-order valence-electron chi connectivity index (χ4n) is 1.57. The van der Waals surface area contributed by atoms with E-state index in [0.717, 1.165) is 18.9 Å². The molecule has 14 heavy (non-hydrogen) atoms. The lowest BCUT2D eigenvalue weighted by Crippen LogP contribution is -2.35. The summed E-state index contributed by atoms with van der Waals surface area (Å²) in [5.74, 6) is 1.22. The Morgan fingerprint density at radius 1 is 1.14 bits per heavy atom. The summed E-state index contributed by atoms with van der Waals surface area (Å²) in [4.78, 5) is 0. The van der Waals surface area contributed by atoms with Gasteiger partial charge in [0.15, 0.2) is 5.82 Å². The largest absolute Gasteiger partial charge is 0.382 e. The summed E-state index contributed by atoms with van der Waals surface area (Å²) in [7, 11) is 0. The maximum atomic E-state index is 5.44. The van der Waals surface area contributed by atoms with E-state index in [-0.39, 0.29) is 0 Å². The third-order valence-corrected chi connectivity index (χ3v) is 2.31. The summed E-state index contributed by atoms with van der Waals surface area (Å²) in [6, 6.07) is 3.59. The molecule has 2 heterocycles. The van der Waals surface area contributed by atoms with Gasteiger partial charge in [-0.3, -0.25) is 0 Å². The number of nitrogens with one attached hydrogen (secondary N) is 1. The Bertz CT molecular complexity index is 278. The van der Waals surface area contributed by atoms with Gasteiger partial charge in [0.2, 0.25) is 0 Å². The molecular formula is C9H15N5. The molecule has 1 fully saturated rings. The Labute approximate surface area is 83.3 Å². The highest BCUT2D eigenvalue weighted by molar-refractivity contribution is 5.37. The summed E-state index contributed by atoms with van der Waals surface area (Å²) < 4.78 is 0. The molecule has 0 saturated carbocycles. The van der Waals surface area contributed by atoms with Gasteiger partial charge in [-0.05, 0) is 25.0 Å². The second kappa shape index (κ2) is 4.23. The van der Waals surface area contributed by atoms with Gasteiger partial charge >= 0.3 is 0 Å². The Morgan fingerprint density at radius 3 is 2.57 bits per heavy atom. The van der Waals surface area contributed by atoms with E-state index in [9.17, 15) is 0 Å². The van der Waals surface area contributed by atoms with Crippen LogP contribution in [0.4, 0.5) is 11.6 Å². The molecule has 0 unspecified atom stereocenters. The second-order valence-corrected chi connectivity index (χ2v) is 3.50. The van der Waals surface area contributed by atoms with E-state index in [0.29, 0.717) is 5.82 Å². The lowest BCUT2D eigenvalue weighted by Gasteiger charge is -2.26. The zero-order valence-electron chi connectivity index (χ0n) is 8.11. The van der Waals surface area contributed by atoms with Gasteiger partial charge in [0, 0.05) is 13.1 Å². The SMILES string of the molecule is Nc1ccc(NN2CCCCC2)nn1. The molecule has 0 amide bonds. The van der Waals surface area contributed by atoms with Crippen molar-refractivity contribution >= 4 is 11.6 Å². The van der Waals surface area contributed by atoms with Crippen LogP contribution in [0.1, 0.15) is 19.3 Å². The maximum absolute atomic E-state index is 5.44. The minimum Gasteiger partial charge on any atom is -0.382 e. The van der Waals surface area contributed by atoms with E-state index in [1.165, 1.54) is 19.3 Å². The molecule has 76 valence electrons. The Morgan fingerprint density at radius 2 is 1.93 bits per heavy atom. The van der Waals surface area contributed by atoms with E-state index in [1.807, 2.05) is 6.07 Å². The normalized spacial score (nSPS) is 18.0. The summed E-state index contributed by atoms with van der Waals surface area (Å²) in [5.41, 5.74) is 8.66. The standard InChI is InChI=1S/C9H15N5/c10-8-4-5-9(12-11-8)13-14-6-2-1-3-7-14/h4-5H,1-3,6-7H2,(H2,10,11)(H,12,13). The topological polar surface area (TPSA) is 67.1 Å². The fraction of sp³-hybridized carbons (Fsp3) is 0.556. The minimum absolute atomic E-state index is 0.453. The lowest BCUT2D eigenvalue weighted by atomic mass is 10.2. The van der Waals surface area contributed by atoms with Crippen LogP contribution in [0.3, 0.4) is 0 Å². The Balaban J connectivity index is 1.92. The van der Waals surface area contributed by atoms with Crippen molar-refractivity contribution in [3.8, 4) is 0 Å².